The van der Waals surface area contributed by atoms with Gasteiger partial charge in [0.05, 0.1) is 5.56 Å². The summed E-state index contributed by atoms with van der Waals surface area (Å²) in [6.45, 7) is 11.7. The molecule has 1 aliphatic heterocycles. The molecule has 0 saturated carbocycles. The van der Waals surface area contributed by atoms with Gasteiger partial charge in [-0.1, -0.05) is 13.0 Å². The molecule has 5 heteroatoms. The lowest BCUT2D eigenvalue weighted by Gasteiger charge is -2.22. The number of hydrogen-bond donors (Lipinski definition) is 1. The number of hydrogen-bond acceptors (Lipinski definition) is 4. The fourth-order valence-corrected chi connectivity index (χ4v) is 2.71. The normalized spacial score (nSPS) is 16.1. The van der Waals surface area contributed by atoms with Crippen LogP contribution in [0.5, 0.6) is 0 Å². The van der Waals surface area contributed by atoms with Crippen LogP contribution in [0.2, 0.25) is 0 Å². The average molecular weight is 302 g/mol. The van der Waals surface area contributed by atoms with Gasteiger partial charge < -0.3 is 15.1 Å². The molecule has 1 aromatic heterocycles. The van der Waals surface area contributed by atoms with Gasteiger partial charge in [-0.05, 0) is 38.1 Å². The van der Waals surface area contributed by atoms with Crippen LogP contribution in [0.3, 0.4) is 0 Å². The Morgan fingerprint density at radius 1 is 1.36 bits per heavy atom. The summed E-state index contributed by atoms with van der Waals surface area (Å²) in [5.74, 6) is 0.850. The maximum absolute atomic E-state index is 11.8. The van der Waals surface area contributed by atoms with E-state index in [0.29, 0.717) is 12.1 Å². The van der Waals surface area contributed by atoms with Crippen LogP contribution in [0.25, 0.3) is 0 Å². The summed E-state index contributed by atoms with van der Waals surface area (Å²) < 4.78 is 0. The second-order valence-corrected chi connectivity index (χ2v) is 5.59. The van der Waals surface area contributed by atoms with Gasteiger partial charge in [0.1, 0.15) is 5.82 Å². The van der Waals surface area contributed by atoms with Crippen molar-refractivity contribution in [2.24, 2.45) is 0 Å². The molecule has 0 bridgehead atoms. The van der Waals surface area contributed by atoms with Gasteiger partial charge in [0.2, 0.25) is 0 Å². The zero-order valence-corrected chi connectivity index (χ0v) is 13.4. The lowest BCUT2D eigenvalue weighted by molar-refractivity contribution is 0.0957. The Labute approximate surface area is 133 Å². The number of pyridine rings is 1. The van der Waals surface area contributed by atoms with E-state index in [-0.39, 0.29) is 5.91 Å². The van der Waals surface area contributed by atoms with E-state index in [0.717, 1.165) is 38.4 Å². The highest BCUT2D eigenvalue weighted by molar-refractivity contribution is 5.94. The summed E-state index contributed by atoms with van der Waals surface area (Å²) >= 11 is 0. The third-order valence-electron chi connectivity index (χ3n) is 3.87. The van der Waals surface area contributed by atoms with Crippen LogP contribution in [-0.2, 0) is 0 Å². The van der Waals surface area contributed by atoms with Crippen LogP contribution in [0, 0.1) is 0 Å². The topological polar surface area (TPSA) is 48.5 Å². The minimum absolute atomic E-state index is 0.107. The third kappa shape index (κ3) is 4.56. The first-order chi connectivity index (χ1) is 10.7. The number of carbonyl (C=O) groups is 1. The van der Waals surface area contributed by atoms with Crippen LogP contribution in [0.15, 0.2) is 31.0 Å². The van der Waals surface area contributed by atoms with Crippen molar-refractivity contribution in [1.82, 2.24) is 15.2 Å². The molecule has 2 heterocycles. The van der Waals surface area contributed by atoms with E-state index in [1.165, 1.54) is 13.0 Å². The smallest absolute Gasteiger partial charge is 0.253 e. The van der Waals surface area contributed by atoms with E-state index >= 15 is 0 Å². The second kappa shape index (κ2) is 8.54. The van der Waals surface area contributed by atoms with Gasteiger partial charge in [0.15, 0.2) is 0 Å². The molecule has 1 amide bonds. The third-order valence-corrected chi connectivity index (χ3v) is 3.87. The molecular weight excluding hydrogens is 276 g/mol. The first-order valence-corrected chi connectivity index (χ1v) is 8.07. The van der Waals surface area contributed by atoms with Gasteiger partial charge >= 0.3 is 0 Å². The summed E-state index contributed by atoms with van der Waals surface area (Å²) in [6, 6.07) is 3.79. The highest BCUT2D eigenvalue weighted by Gasteiger charge is 2.15. The zero-order valence-electron chi connectivity index (χ0n) is 13.4. The predicted octanol–water partition coefficient (Wildman–Crippen LogP) is 1.92. The molecule has 1 aliphatic rings. The summed E-state index contributed by atoms with van der Waals surface area (Å²) in [5, 5.41) is 2.76. The SMILES string of the molecule is C=CCNC(=O)c1ccc(N2CCCN(CCC)CC2)nc1. The van der Waals surface area contributed by atoms with Crippen LogP contribution >= 0.6 is 0 Å². The lowest BCUT2D eigenvalue weighted by atomic mass is 10.2. The van der Waals surface area contributed by atoms with Gasteiger partial charge in [-0.25, -0.2) is 4.98 Å². The predicted molar refractivity (Wildman–Crippen MR) is 90.3 cm³/mol. The van der Waals surface area contributed by atoms with Gasteiger partial charge in [-0.15, -0.1) is 6.58 Å². The first kappa shape index (κ1) is 16.5. The monoisotopic (exact) mass is 302 g/mol. The largest absolute Gasteiger partial charge is 0.355 e. The van der Waals surface area contributed by atoms with Crippen LogP contribution in [-0.4, -0.2) is 55.1 Å². The van der Waals surface area contributed by atoms with Crippen molar-refractivity contribution >= 4 is 11.7 Å². The van der Waals surface area contributed by atoms with E-state index < -0.39 is 0 Å². The first-order valence-electron chi connectivity index (χ1n) is 8.07. The quantitative estimate of drug-likeness (QED) is 0.816. The molecule has 1 fully saturated rings. The Morgan fingerprint density at radius 3 is 2.91 bits per heavy atom. The van der Waals surface area contributed by atoms with Crippen LogP contribution in [0.4, 0.5) is 5.82 Å². The van der Waals surface area contributed by atoms with Crippen molar-refractivity contribution in [3.63, 3.8) is 0 Å². The maximum Gasteiger partial charge on any atom is 0.253 e. The van der Waals surface area contributed by atoms with Crippen molar-refractivity contribution in [1.29, 1.82) is 0 Å². The minimum atomic E-state index is -0.107. The summed E-state index contributed by atoms with van der Waals surface area (Å²) in [7, 11) is 0. The molecule has 0 atom stereocenters. The molecule has 1 saturated heterocycles. The molecule has 1 aromatic rings. The number of nitrogens with one attached hydrogen (secondary N) is 1. The fraction of sp³-hybridized carbons (Fsp3) is 0.529. The summed E-state index contributed by atoms with van der Waals surface area (Å²) in [4.78, 5) is 21.1. The molecule has 0 aliphatic carbocycles. The molecular formula is C17H26N4O. The van der Waals surface area contributed by atoms with Crippen molar-refractivity contribution in [3.05, 3.63) is 36.5 Å². The van der Waals surface area contributed by atoms with E-state index in [2.05, 4.69) is 33.6 Å². The Hall–Kier alpha value is -1.88. The van der Waals surface area contributed by atoms with Gasteiger partial charge in [-0.2, -0.15) is 0 Å². The van der Waals surface area contributed by atoms with Gasteiger partial charge in [0.25, 0.3) is 5.91 Å². The average Bonchev–Trinajstić information content (AvgIpc) is 2.79. The van der Waals surface area contributed by atoms with Crippen molar-refractivity contribution < 1.29 is 4.79 Å². The van der Waals surface area contributed by atoms with Crippen molar-refractivity contribution in [3.8, 4) is 0 Å². The Kier molecular flexibility index (Phi) is 6.40. The number of amides is 1. The number of nitrogens with zero attached hydrogens (tertiary/aromatic N) is 3. The Bertz CT molecular complexity index is 486. The Balaban J connectivity index is 1.95. The standard InChI is InChI=1S/C17H26N4O/c1-3-8-18-17(22)15-6-7-16(19-14-15)21-11-5-10-20(9-4-2)12-13-21/h3,6-7,14H,1,4-5,8-13H2,2H3,(H,18,22). The molecule has 0 aromatic carbocycles. The van der Waals surface area contributed by atoms with Crippen molar-refractivity contribution in [2.75, 3.05) is 44.2 Å². The highest BCUT2D eigenvalue weighted by Crippen LogP contribution is 2.14. The summed E-state index contributed by atoms with van der Waals surface area (Å²) in [5.41, 5.74) is 0.591. The Morgan fingerprint density at radius 2 is 2.23 bits per heavy atom. The highest BCUT2D eigenvalue weighted by atomic mass is 16.1. The van der Waals surface area contributed by atoms with E-state index in [1.807, 2.05) is 12.1 Å². The molecule has 0 unspecified atom stereocenters. The maximum atomic E-state index is 11.8. The molecule has 2 rings (SSSR count). The fourth-order valence-electron chi connectivity index (χ4n) is 2.71. The molecule has 5 nitrogen and oxygen atoms in total. The number of carbonyl (C=O) groups excluding carboxylic acids is 1. The molecule has 0 spiro atoms. The van der Waals surface area contributed by atoms with E-state index in [4.69, 9.17) is 0 Å². The number of anilines is 1. The van der Waals surface area contributed by atoms with Crippen LogP contribution in [0.1, 0.15) is 30.1 Å². The molecule has 1 N–H and O–H groups in total. The zero-order chi connectivity index (χ0) is 15.8. The van der Waals surface area contributed by atoms with Gasteiger partial charge in [-0.3, -0.25) is 4.79 Å². The lowest BCUT2D eigenvalue weighted by Crippen LogP contribution is -2.31. The molecule has 120 valence electrons. The van der Waals surface area contributed by atoms with Crippen LogP contribution < -0.4 is 10.2 Å². The second-order valence-electron chi connectivity index (χ2n) is 5.59. The summed E-state index contributed by atoms with van der Waals surface area (Å²) in [6.07, 6.45) is 5.68. The molecule has 0 radical (unpaired) electrons. The van der Waals surface area contributed by atoms with E-state index in [9.17, 15) is 4.79 Å². The van der Waals surface area contributed by atoms with Gasteiger partial charge in [0, 0.05) is 32.4 Å². The van der Waals surface area contributed by atoms with E-state index in [1.54, 1.807) is 12.3 Å². The number of aromatic nitrogens is 1. The number of rotatable bonds is 6. The minimum Gasteiger partial charge on any atom is -0.355 e. The molecule has 22 heavy (non-hydrogen) atoms. The van der Waals surface area contributed by atoms with Crippen molar-refractivity contribution in [2.45, 2.75) is 19.8 Å².